The van der Waals surface area contributed by atoms with E-state index in [9.17, 15) is 4.39 Å². The molecular weight excluding hydrogens is 239 g/mol. The number of benzene rings is 1. The number of hydrogen-bond acceptors (Lipinski definition) is 2. The quantitative estimate of drug-likeness (QED) is 0.899. The van der Waals surface area contributed by atoms with E-state index in [-0.39, 0.29) is 5.82 Å². The van der Waals surface area contributed by atoms with Crippen LogP contribution in [-0.4, -0.2) is 37.1 Å². The average Bonchev–Trinajstić information content (AvgIpc) is 2.38. The van der Waals surface area contributed by atoms with Gasteiger partial charge < -0.3 is 10.2 Å². The summed E-state index contributed by atoms with van der Waals surface area (Å²) in [5.74, 6) is 0.566. The lowest BCUT2D eigenvalue weighted by Crippen LogP contribution is -2.51. The van der Waals surface area contributed by atoms with Gasteiger partial charge in [-0.2, -0.15) is 0 Å². The van der Waals surface area contributed by atoms with Crippen LogP contribution in [-0.2, 0) is 6.42 Å². The second-order valence-electron chi connectivity index (χ2n) is 5.90. The third-order valence-electron chi connectivity index (χ3n) is 4.37. The molecule has 0 aromatic heterocycles. The monoisotopic (exact) mass is 264 g/mol. The number of nitrogens with zero attached hydrogens (tertiary/aromatic N) is 1. The molecular formula is C16H25FN2. The SMILES string of the molecule is C[C@@H]1CN(C)[C@H](C)C[C@H]1NCCc1ccccc1F. The normalized spacial score (nSPS) is 28.5. The Morgan fingerprint density at radius 1 is 1.32 bits per heavy atom. The van der Waals surface area contributed by atoms with E-state index in [1.54, 1.807) is 6.07 Å². The van der Waals surface area contributed by atoms with E-state index in [0.717, 1.165) is 25.1 Å². The van der Waals surface area contributed by atoms with Crippen molar-refractivity contribution in [2.24, 2.45) is 5.92 Å². The zero-order valence-corrected chi connectivity index (χ0v) is 12.2. The van der Waals surface area contributed by atoms with E-state index < -0.39 is 0 Å². The first-order valence-corrected chi connectivity index (χ1v) is 7.25. The molecule has 1 aromatic rings. The molecule has 0 radical (unpaired) electrons. The van der Waals surface area contributed by atoms with Gasteiger partial charge in [-0.15, -0.1) is 0 Å². The molecule has 0 bridgehead atoms. The van der Waals surface area contributed by atoms with Crippen molar-refractivity contribution in [3.8, 4) is 0 Å². The fourth-order valence-electron chi connectivity index (χ4n) is 2.92. The highest BCUT2D eigenvalue weighted by atomic mass is 19.1. The first-order chi connectivity index (χ1) is 9.08. The maximum Gasteiger partial charge on any atom is 0.126 e. The van der Waals surface area contributed by atoms with Gasteiger partial charge >= 0.3 is 0 Å². The fourth-order valence-corrected chi connectivity index (χ4v) is 2.92. The average molecular weight is 264 g/mol. The molecule has 19 heavy (non-hydrogen) atoms. The molecule has 0 spiro atoms. The topological polar surface area (TPSA) is 15.3 Å². The van der Waals surface area contributed by atoms with Crippen LogP contribution in [0.15, 0.2) is 24.3 Å². The first-order valence-electron chi connectivity index (χ1n) is 7.25. The van der Waals surface area contributed by atoms with Gasteiger partial charge in [0.05, 0.1) is 0 Å². The van der Waals surface area contributed by atoms with E-state index in [0.29, 0.717) is 18.0 Å². The summed E-state index contributed by atoms with van der Waals surface area (Å²) in [6.45, 7) is 6.56. The Labute approximate surface area is 116 Å². The van der Waals surface area contributed by atoms with Crippen molar-refractivity contribution in [2.75, 3.05) is 20.1 Å². The lowest BCUT2D eigenvalue weighted by Gasteiger charge is -2.40. The third kappa shape index (κ3) is 3.77. The number of rotatable bonds is 4. The minimum Gasteiger partial charge on any atom is -0.313 e. The van der Waals surface area contributed by atoms with E-state index in [1.165, 1.54) is 12.5 Å². The smallest absolute Gasteiger partial charge is 0.126 e. The lowest BCUT2D eigenvalue weighted by molar-refractivity contribution is 0.122. The molecule has 3 atom stereocenters. The molecule has 2 nitrogen and oxygen atoms in total. The molecule has 1 aliphatic rings. The van der Waals surface area contributed by atoms with Gasteiger partial charge in [0.25, 0.3) is 0 Å². The summed E-state index contributed by atoms with van der Waals surface area (Å²) in [7, 11) is 2.19. The molecule has 106 valence electrons. The van der Waals surface area contributed by atoms with Crippen LogP contribution in [0.25, 0.3) is 0 Å². The molecule has 0 aliphatic carbocycles. The number of piperidine rings is 1. The predicted octanol–water partition coefficient (Wildman–Crippen LogP) is 2.69. The summed E-state index contributed by atoms with van der Waals surface area (Å²) in [4.78, 5) is 2.42. The predicted molar refractivity (Wildman–Crippen MR) is 77.8 cm³/mol. The molecule has 2 rings (SSSR count). The van der Waals surface area contributed by atoms with Crippen LogP contribution >= 0.6 is 0 Å². The van der Waals surface area contributed by atoms with Crippen molar-refractivity contribution in [2.45, 2.75) is 38.8 Å². The highest BCUT2D eigenvalue weighted by Crippen LogP contribution is 2.20. The molecule has 0 unspecified atom stereocenters. The second kappa shape index (κ2) is 6.49. The van der Waals surface area contributed by atoms with Crippen molar-refractivity contribution in [1.82, 2.24) is 10.2 Å². The summed E-state index contributed by atoms with van der Waals surface area (Å²) in [6.07, 6.45) is 1.94. The van der Waals surface area contributed by atoms with Crippen LogP contribution in [0.5, 0.6) is 0 Å². The van der Waals surface area contributed by atoms with Gasteiger partial charge in [-0.3, -0.25) is 0 Å². The Balaban J connectivity index is 1.81. The van der Waals surface area contributed by atoms with Crippen molar-refractivity contribution >= 4 is 0 Å². The molecule has 3 heteroatoms. The molecule has 1 saturated heterocycles. The standard InChI is InChI=1S/C16H25FN2/c1-12-11-19(3)13(2)10-16(12)18-9-8-14-6-4-5-7-15(14)17/h4-7,12-13,16,18H,8-11H2,1-3H3/t12-,13-,16-/m1/s1. The van der Waals surface area contributed by atoms with Gasteiger partial charge in [-0.05, 0) is 50.9 Å². The minimum absolute atomic E-state index is 0.0888. The maximum absolute atomic E-state index is 13.5. The zero-order chi connectivity index (χ0) is 13.8. The maximum atomic E-state index is 13.5. The summed E-state index contributed by atoms with van der Waals surface area (Å²) >= 11 is 0. The van der Waals surface area contributed by atoms with Gasteiger partial charge in [0.15, 0.2) is 0 Å². The van der Waals surface area contributed by atoms with Crippen molar-refractivity contribution in [3.63, 3.8) is 0 Å². The van der Waals surface area contributed by atoms with Crippen molar-refractivity contribution in [3.05, 3.63) is 35.6 Å². The molecule has 1 aromatic carbocycles. The van der Waals surface area contributed by atoms with Crippen LogP contribution in [0.4, 0.5) is 4.39 Å². The van der Waals surface area contributed by atoms with E-state index in [2.05, 4.69) is 31.1 Å². The molecule has 1 N–H and O–H groups in total. The zero-order valence-electron chi connectivity index (χ0n) is 12.2. The van der Waals surface area contributed by atoms with Gasteiger partial charge in [-0.1, -0.05) is 25.1 Å². The molecule has 1 fully saturated rings. The number of halogens is 1. The summed E-state index contributed by atoms with van der Waals surface area (Å²) < 4.78 is 13.5. The Kier molecular flexibility index (Phi) is 4.94. The Hall–Kier alpha value is -0.930. The Morgan fingerprint density at radius 2 is 2.05 bits per heavy atom. The van der Waals surface area contributed by atoms with Gasteiger partial charge in [0, 0.05) is 18.6 Å². The van der Waals surface area contributed by atoms with Crippen molar-refractivity contribution in [1.29, 1.82) is 0 Å². The van der Waals surface area contributed by atoms with Gasteiger partial charge in [0.2, 0.25) is 0 Å². The first kappa shape index (κ1) is 14.5. The fraction of sp³-hybridized carbons (Fsp3) is 0.625. The summed E-state index contributed by atoms with van der Waals surface area (Å²) in [5, 5.41) is 3.60. The Bertz CT molecular complexity index is 407. The van der Waals surface area contributed by atoms with Crippen LogP contribution in [0.2, 0.25) is 0 Å². The second-order valence-corrected chi connectivity index (χ2v) is 5.90. The third-order valence-corrected chi connectivity index (χ3v) is 4.37. The minimum atomic E-state index is -0.0888. The number of nitrogens with one attached hydrogen (secondary N) is 1. The van der Waals surface area contributed by atoms with Crippen molar-refractivity contribution < 1.29 is 4.39 Å². The van der Waals surface area contributed by atoms with Gasteiger partial charge in [-0.25, -0.2) is 4.39 Å². The van der Waals surface area contributed by atoms with Gasteiger partial charge in [0.1, 0.15) is 5.82 Å². The highest BCUT2D eigenvalue weighted by Gasteiger charge is 2.28. The highest BCUT2D eigenvalue weighted by molar-refractivity contribution is 5.17. The molecule has 1 aliphatic heterocycles. The van der Waals surface area contributed by atoms with E-state index in [4.69, 9.17) is 0 Å². The Morgan fingerprint density at radius 3 is 2.79 bits per heavy atom. The van der Waals surface area contributed by atoms with E-state index in [1.807, 2.05) is 12.1 Å². The molecule has 0 saturated carbocycles. The molecule has 1 heterocycles. The van der Waals surface area contributed by atoms with Crippen LogP contribution in [0, 0.1) is 11.7 Å². The van der Waals surface area contributed by atoms with Crippen LogP contribution in [0.3, 0.4) is 0 Å². The largest absolute Gasteiger partial charge is 0.313 e. The number of likely N-dealkylation sites (tertiary alicyclic amines) is 1. The lowest BCUT2D eigenvalue weighted by atomic mass is 9.90. The molecule has 0 amide bonds. The summed E-state index contributed by atoms with van der Waals surface area (Å²) in [5.41, 5.74) is 0.809. The summed E-state index contributed by atoms with van der Waals surface area (Å²) in [6, 6.07) is 8.24. The van der Waals surface area contributed by atoms with Crippen LogP contribution in [0.1, 0.15) is 25.8 Å². The van der Waals surface area contributed by atoms with Crippen LogP contribution < -0.4 is 5.32 Å². The van der Waals surface area contributed by atoms with E-state index >= 15 is 0 Å². The number of hydrogen-bond donors (Lipinski definition) is 1.